The van der Waals surface area contributed by atoms with E-state index < -0.39 is 0 Å². The first-order chi connectivity index (χ1) is 25.3. The third-order valence-electron chi connectivity index (χ3n) is 10.8. The van der Waals surface area contributed by atoms with E-state index in [-0.39, 0.29) is 12.0 Å². The molecule has 51 heavy (non-hydrogen) atoms. The average molecular weight is 650 g/mol. The maximum absolute atomic E-state index is 3.95. The lowest BCUT2D eigenvalue weighted by Crippen LogP contribution is -2.27. The Kier molecular flexibility index (Phi) is 7.03. The lowest BCUT2D eigenvalue weighted by Gasteiger charge is -2.30. The molecule has 1 heteroatoms. The Hall–Kier alpha value is -6.44. The molecule has 10 rings (SSSR count). The zero-order valence-electron chi connectivity index (χ0n) is 28.1. The number of anilines is 1. The molecule has 1 aliphatic rings. The Morgan fingerprint density at radius 2 is 0.961 bits per heavy atom. The highest BCUT2D eigenvalue weighted by Crippen LogP contribution is 2.40. The van der Waals surface area contributed by atoms with E-state index in [4.69, 9.17) is 0 Å². The van der Waals surface area contributed by atoms with Crippen molar-refractivity contribution in [2.24, 2.45) is 0 Å². The van der Waals surface area contributed by atoms with E-state index in [9.17, 15) is 0 Å². The third-order valence-corrected chi connectivity index (χ3v) is 10.8. The molecule has 2 unspecified atom stereocenters. The molecule has 0 spiro atoms. The van der Waals surface area contributed by atoms with Gasteiger partial charge >= 0.3 is 0 Å². The van der Waals surface area contributed by atoms with Crippen molar-refractivity contribution >= 4 is 65.1 Å². The van der Waals surface area contributed by atoms with Crippen LogP contribution in [0.5, 0.6) is 0 Å². The average Bonchev–Trinajstić information content (AvgIpc) is 3.20. The van der Waals surface area contributed by atoms with Crippen molar-refractivity contribution in [1.29, 1.82) is 0 Å². The maximum atomic E-state index is 3.95. The first-order valence-electron chi connectivity index (χ1n) is 17.8. The number of benzene rings is 9. The topological polar surface area (TPSA) is 12.0 Å². The minimum absolute atomic E-state index is 0.0641. The number of nitrogens with one attached hydrogen (secondary N) is 1. The van der Waals surface area contributed by atoms with Crippen molar-refractivity contribution in [2.45, 2.75) is 12.0 Å². The Morgan fingerprint density at radius 3 is 1.78 bits per heavy atom. The quantitative estimate of drug-likeness (QED) is 0.183. The predicted molar refractivity (Wildman–Crippen MR) is 220 cm³/mol. The van der Waals surface area contributed by atoms with Crippen LogP contribution in [0.25, 0.3) is 70.6 Å². The van der Waals surface area contributed by atoms with E-state index in [1.54, 1.807) is 0 Å². The van der Waals surface area contributed by atoms with Gasteiger partial charge in [0.2, 0.25) is 0 Å². The first-order valence-corrected chi connectivity index (χ1v) is 17.8. The maximum Gasteiger partial charge on any atom is 0.0551 e. The van der Waals surface area contributed by atoms with Gasteiger partial charge in [-0.05, 0) is 99.9 Å². The highest BCUT2D eigenvalue weighted by atomic mass is 14.9. The fourth-order valence-corrected chi connectivity index (χ4v) is 8.27. The first kappa shape index (κ1) is 29.5. The fourth-order valence-electron chi connectivity index (χ4n) is 8.27. The molecule has 0 aliphatic heterocycles. The van der Waals surface area contributed by atoms with E-state index in [2.05, 4.69) is 199 Å². The Morgan fingerprint density at radius 1 is 0.392 bits per heavy atom. The number of fused-ring (bicyclic) bond motifs is 8. The molecular formula is C50H35N. The minimum Gasteiger partial charge on any atom is -0.378 e. The summed E-state index contributed by atoms with van der Waals surface area (Å²) in [7, 11) is 0. The number of rotatable bonds is 5. The standard InChI is InChI=1S/C50H35N/c1-2-10-33(11-3-1)42-16-8-9-17-46(42)49-32-37(23-29-50(49)51-40-24-28-44-39(31-40)19-18-34-12-4-6-14-41(34)44)36-21-25-45-38(30-36)22-27-47-43-15-7-5-13-35(43)20-26-48(45)47/h1-32,49-51H. The molecule has 9 aromatic rings. The summed E-state index contributed by atoms with van der Waals surface area (Å²) < 4.78 is 0. The van der Waals surface area contributed by atoms with Crippen LogP contribution < -0.4 is 5.32 Å². The van der Waals surface area contributed by atoms with Crippen molar-refractivity contribution in [3.05, 3.63) is 205 Å². The molecular weight excluding hydrogens is 615 g/mol. The van der Waals surface area contributed by atoms with Crippen molar-refractivity contribution in [2.75, 3.05) is 5.32 Å². The van der Waals surface area contributed by atoms with Gasteiger partial charge in [0.25, 0.3) is 0 Å². The molecule has 1 N–H and O–H groups in total. The second-order valence-corrected chi connectivity index (χ2v) is 13.7. The molecule has 2 atom stereocenters. The molecule has 0 heterocycles. The van der Waals surface area contributed by atoms with Crippen LogP contribution in [0.2, 0.25) is 0 Å². The molecule has 1 aliphatic carbocycles. The molecule has 0 fully saturated rings. The summed E-state index contributed by atoms with van der Waals surface area (Å²) in [5.74, 6) is 0.104. The highest BCUT2D eigenvalue weighted by Gasteiger charge is 2.26. The van der Waals surface area contributed by atoms with E-state index >= 15 is 0 Å². The van der Waals surface area contributed by atoms with Gasteiger partial charge in [0.05, 0.1) is 6.04 Å². The van der Waals surface area contributed by atoms with Crippen LogP contribution in [-0.2, 0) is 0 Å². The van der Waals surface area contributed by atoms with Gasteiger partial charge in [0.15, 0.2) is 0 Å². The predicted octanol–water partition coefficient (Wildman–Crippen LogP) is 13.3. The lowest BCUT2D eigenvalue weighted by atomic mass is 9.80. The van der Waals surface area contributed by atoms with Crippen LogP contribution in [0.1, 0.15) is 17.0 Å². The fraction of sp³-hybridized carbons (Fsp3) is 0.0400. The zero-order chi connectivity index (χ0) is 33.7. The summed E-state index contributed by atoms with van der Waals surface area (Å²) in [6, 6.07) is 64.4. The van der Waals surface area contributed by atoms with Crippen molar-refractivity contribution in [1.82, 2.24) is 0 Å². The van der Waals surface area contributed by atoms with Gasteiger partial charge in [0.1, 0.15) is 0 Å². The van der Waals surface area contributed by atoms with Gasteiger partial charge in [-0.25, -0.2) is 0 Å². The van der Waals surface area contributed by atoms with Gasteiger partial charge in [-0.2, -0.15) is 0 Å². The molecule has 0 amide bonds. The van der Waals surface area contributed by atoms with Gasteiger partial charge in [0, 0.05) is 11.6 Å². The molecule has 9 aromatic carbocycles. The summed E-state index contributed by atoms with van der Waals surface area (Å²) in [5, 5.41) is 16.8. The van der Waals surface area contributed by atoms with E-state index in [1.165, 1.54) is 81.7 Å². The van der Waals surface area contributed by atoms with Crippen LogP contribution in [0, 0.1) is 0 Å². The molecule has 0 bridgehead atoms. The van der Waals surface area contributed by atoms with Crippen molar-refractivity contribution in [3.63, 3.8) is 0 Å². The van der Waals surface area contributed by atoms with Crippen LogP contribution in [0.4, 0.5) is 5.69 Å². The summed E-state index contributed by atoms with van der Waals surface area (Å²) in [6.07, 6.45) is 7.15. The van der Waals surface area contributed by atoms with Crippen LogP contribution in [-0.4, -0.2) is 6.04 Å². The normalized spacial score (nSPS) is 15.9. The number of allylic oxidation sites excluding steroid dienone is 2. The SMILES string of the molecule is C1=CC(Nc2ccc3c(ccc4ccccc43)c2)C(c2ccccc2-c2ccccc2)C=C1c1ccc2c(ccc3c4ccccc4ccc23)c1. The molecule has 240 valence electrons. The second kappa shape index (κ2) is 12.2. The third kappa shape index (κ3) is 5.18. The summed E-state index contributed by atoms with van der Waals surface area (Å²) in [5.41, 5.74) is 7.41. The van der Waals surface area contributed by atoms with Gasteiger partial charge < -0.3 is 5.32 Å². The summed E-state index contributed by atoms with van der Waals surface area (Å²) in [6.45, 7) is 0. The van der Waals surface area contributed by atoms with E-state index in [1.807, 2.05) is 0 Å². The van der Waals surface area contributed by atoms with Gasteiger partial charge in [-0.1, -0.05) is 176 Å². The van der Waals surface area contributed by atoms with Gasteiger partial charge in [-0.3, -0.25) is 0 Å². The Balaban J connectivity index is 1.07. The van der Waals surface area contributed by atoms with Crippen LogP contribution in [0.3, 0.4) is 0 Å². The molecule has 0 aromatic heterocycles. The molecule has 0 saturated carbocycles. The van der Waals surface area contributed by atoms with E-state index in [0.717, 1.165) is 5.69 Å². The largest absolute Gasteiger partial charge is 0.378 e. The zero-order valence-corrected chi connectivity index (χ0v) is 28.1. The summed E-state index contributed by atoms with van der Waals surface area (Å²) >= 11 is 0. The van der Waals surface area contributed by atoms with Crippen LogP contribution in [0.15, 0.2) is 194 Å². The van der Waals surface area contributed by atoms with Gasteiger partial charge in [-0.15, -0.1) is 0 Å². The van der Waals surface area contributed by atoms with Crippen molar-refractivity contribution < 1.29 is 0 Å². The molecule has 0 saturated heterocycles. The lowest BCUT2D eigenvalue weighted by molar-refractivity contribution is 0.760. The Bertz CT molecular complexity index is 2840. The number of hydrogen-bond acceptors (Lipinski definition) is 1. The second-order valence-electron chi connectivity index (χ2n) is 13.7. The van der Waals surface area contributed by atoms with E-state index in [0.29, 0.717) is 0 Å². The highest BCUT2D eigenvalue weighted by molar-refractivity contribution is 6.17. The summed E-state index contributed by atoms with van der Waals surface area (Å²) in [4.78, 5) is 0. The number of hydrogen-bond donors (Lipinski definition) is 1. The minimum atomic E-state index is 0.0641. The van der Waals surface area contributed by atoms with Crippen molar-refractivity contribution in [3.8, 4) is 11.1 Å². The smallest absolute Gasteiger partial charge is 0.0551 e. The monoisotopic (exact) mass is 649 g/mol. The molecule has 0 radical (unpaired) electrons. The van der Waals surface area contributed by atoms with Crippen LogP contribution >= 0.6 is 0 Å². The Labute approximate surface area is 297 Å². The molecule has 1 nitrogen and oxygen atoms in total.